The fourth-order valence-corrected chi connectivity index (χ4v) is 5.14. The van der Waals surface area contributed by atoms with Crippen LogP contribution in [0.2, 0.25) is 0 Å². The van der Waals surface area contributed by atoms with E-state index in [0.29, 0.717) is 17.9 Å². The first-order valence-corrected chi connectivity index (χ1v) is 13.4. The van der Waals surface area contributed by atoms with E-state index in [1.54, 1.807) is 0 Å². The van der Waals surface area contributed by atoms with E-state index in [1.807, 2.05) is 19.1 Å². The summed E-state index contributed by atoms with van der Waals surface area (Å²) in [7, 11) is 0. The first-order chi connectivity index (χ1) is 18.0. The molecule has 0 unspecified atom stereocenters. The van der Waals surface area contributed by atoms with Crippen molar-refractivity contribution in [1.29, 1.82) is 0 Å². The van der Waals surface area contributed by atoms with E-state index in [1.165, 1.54) is 37.7 Å². The van der Waals surface area contributed by atoms with Crippen molar-refractivity contribution < 1.29 is 19.4 Å². The molecule has 0 amide bonds. The number of carbonyl (C=O) groups is 1. The van der Waals surface area contributed by atoms with Gasteiger partial charge in [-0.15, -0.1) is 0 Å². The van der Waals surface area contributed by atoms with Gasteiger partial charge in [-0.05, 0) is 83.2 Å². The Hall–Kier alpha value is -3.37. The number of aryl methyl sites for hydroxylation is 1. The standard InChI is InChI=1S/C33H38O4/c1-4-23(2)33(35)37-22-29-21-28(25-8-6-5-7-9-25)14-16-32(29)27-12-10-26(11-13-27)31-17-15-30(20-24(31)3)36-19-18-34/h10-17,20-21,25,34H,2,4-9,18-19,22H2,1,3H3. The highest BCUT2D eigenvalue weighted by Gasteiger charge is 2.18. The van der Waals surface area contributed by atoms with Crippen molar-refractivity contribution in [2.75, 3.05) is 13.2 Å². The largest absolute Gasteiger partial charge is 0.491 e. The second-order valence-corrected chi connectivity index (χ2v) is 9.91. The zero-order valence-corrected chi connectivity index (χ0v) is 22.1. The molecule has 194 valence electrons. The molecule has 0 aliphatic heterocycles. The third-order valence-corrected chi connectivity index (χ3v) is 7.34. The van der Waals surface area contributed by atoms with Crippen LogP contribution in [-0.2, 0) is 16.1 Å². The Morgan fingerprint density at radius 3 is 2.27 bits per heavy atom. The van der Waals surface area contributed by atoms with Gasteiger partial charge in [0.05, 0.1) is 6.61 Å². The lowest BCUT2D eigenvalue weighted by Crippen LogP contribution is -2.09. The summed E-state index contributed by atoms with van der Waals surface area (Å²) in [5.41, 5.74) is 8.45. The van der Waals surface area contributed by atoms with Crippen molar-refractivity contribution in [3.8, 4) is 28.0 Å². The average molecular weight is 499 g/mol. The lowest BCUT2D eigenvalue weighted by molar-refractivity contribution is -0.140. The van der Waals surface area contributed by atoms with Crippen molar-refractivity contribution in [1.82, 2.24) is 0 Å². The van der Waals surface area contributed by atoms with Gasteiger partial charge in [0, 0.05) is 5.57 Å². The van der Waals surface area contributed by atoms with Gasteiger partial charge >= 0.3 is 5.97 Å². The Kier molecular flexibility index (Phi) is 9.19. The Bertz CT molecular complexity index is 1220. The number of hydrogen-bond acceptors (Lipinski definition) is 4. The van der Waals surface area contributed by atoms with E-state index >= 15 is 0 Å². The van der Waals surface area contributed by atoms with E-state index in [9.17, 15) is 4.79 Å². The molecule has 0 aromatic heterocycles. The molecule has 4 rings (SSSR count). The van der Waals surface area contributed by atoms with Crippen molar-refractivity contribution in [2.24, 2.45) is 0 Å². The Morgan fingerprint density at radius 1 is 0.946 bits per heavy atom. The van der Waals surface area contributed by atoms with Gasteiger partial charge in [0.25, 0.3) is 0 Å². The van der Waals surface area contributed by atoms with Crippen LogP contribution in [-0.4, -0.2) is 24.3 Å². The lowest BCUT2D eigenvalue weighted by Gasteiger charge is -2.23. The number of aliphatic hydroxyl groups is 1. The Morgan fingerprint density at radius 2 is 1.62 bits per heavy atom. The van der Waals surface area contributed by atoms with Crippen LogP contribution in [0.3, 0.4) is 0 Å². The van der Waals surface area contributed by atoms with E-state index in [-0.39, 0.29) is 25.8 Å². The van der Waals surface area contributed by atoms with Gasteiger partial charge in [-0.1, -0.05) is 81.3 Å². The van der Waals surface area contributed by atoms with Gasteiger partial charge in [0.1, 0.15) is 19.0 Å². The van der Waals surface area contributed by atoms with Crippen LogP contribution in [0.25, 0.3) is 22.3 Å². The topological polar surface area (TPSA) is 55.8 Å². The summed E-state index contributed by atoms with van der Waals surface area (Å²) in [4.78, 5) is 12.4. The average Bonchev–Trinajstić information content (AvgIpc) is 2.95. The summed E-state index contributed by atoms with van der Waals surface area (Å²) in [6, 6.07) is 21.2. The molecule has 0 spiro atoms. The van der Waals surface area contributed by atoms with Crippen LogP contribution in [0.15, 0.2) is 72.8 Å². The number of hydrogen-bond donors (Lipinski definition) is 1. The highest BCUT2D eigenvalue weighted by Crippen LogP contribution is 2.36. The highest BCUT2D eigenvalue weighted by atomic mass is 16.5. The fraction of sp³-hybridized carbons (Fsp3) is 0.364. The van der Waals surface area contributed by atoms with Crippen LogP contribution in [0, 0.1) is 6.92 Å². The van der Waals surface area contributed by atoms with Gasteiger partial charge in [0.2, 0.25) is 0 Å². The molecule has 4 heteroatoms. The second-order valence-electron chi connectivity index (χ2n) is 9.91. The normalized spacial score (nSPS) is 13.8. The van der Waals surface area contributed by atoms with Crippen LogP contribution in [0.1, 0.15) is 68.1 Å². The third kappa shape index (κ3) is 6.69. The molecule has 1 aliphatic carbocycles. The minimum atomic E-state index is -0.325. The van der Waals surface area contributed by atoms with Gasteiger partial charge in [-0.3, -0.25) is 0 Å². The molecular formula is C33H38O4. The number of aliphatic hydroxyl groups excluding tert-OH is 1. The predicted octanol–water partition coefficient (Wildman–Crippen LogP) is 7.76. The molecule has 0 saturated heterocycles. The molecule has 0 atom stereocenters. The van der Waals surface area contributed by atoms with Crippen LogP contribution in [0.4, 0.5) is 0 Å². The number of carbonyl (C=O) groups excluding carboxylic acids is 1. The molecule has 1 saturated carbocycles. The molecule has 1 fully saturated rings. The minimum Gasteiger partial charge on any atom is -0.491 e. The number of benzene rings is 3. The van der Waals surface area contributed by atoms with Crippen molar-refractivity contribution in [3.63, 3.8) is 0 Å². The Labute approximate surface area is 221 Å². The number of ether oxygens (including phenoxy) is 2. The number of esters is 1. The molecule has 1 aliphatic rings. The summed E-state index contributed by atoms with van der Waals surface area (Å²) in [5.74, 6) is 1.02. The molecule has 0 bridgehead atoms. The summed E-state index contributed by atoms with van der Waals surface area (Å²) in [6.07, 6.45) is 6.92. The maximum absolute atomic E-state index is 12.4. The summed E-state index contributed by atoms with van der Waals surface area (Å²) >= 11 is 0. The van der Waals surface area contributed by atoms with Crippen LogP contribution >= 0.6 is 0 Å². The third-order valence-electron chi connectivity index (χ3n) is 7.34. The van der Waals surface area contributed by atoms with Crippen molar-refractivity contribution in [3.05, 3.63) is 89.5 Å². The van der Waals surface area contributed by atoms with E-state index in [2.05, 4.69) is 62.0 Å². The van der Waals surface area contributed by atoms with Crippen molar-refractivity contribution >= 4 is 5.97 Å². The maximum atomic E-state index is 12.4. The van der Waals surface area contributed by atoms with E-state index in [0.717, 1.165) is 39.1 Å². The first kappa shape index (κ1) is 26.7. The van der Waals surface area contributed by atoms with Crippen molar-refractivity contribution in [2.45, 2.75) is 64.9 Å². The molecular weight excluding hydrogens is 460 g/mol. The molecule has 4 nitrogen and oxygen atoms in total. The maximum Gasteiger partial charge on any atom is 0.333 e. The second kappa shape index (κ2) is 12.7. The summed E-state index contributed by atoms with van der Waals surface area (Å²) in [6.45, 7) is 8.34. The molecule has 1 N–H and O–H groups in total. The predicted molar refractivity (Wildman–Crippen MR) is 150 cm³/mol. The molecule has 3 aromatic rings. The minimum absolute atomic E-state index is 0.00155. The van der Waals surface area contributed by atoms with Gasteiger partial charge in [-0.25, -0.2) is 4.79 Å². The molecule has 0 radical (unpaired) electrons. The quantitative estimate of drug-likeness (QED) is 0.229. The monoisotopic (exact) mass is 498 g/mol. The zero-order valence-electron chi connectivity index (χ0n) is 22.1. The smallest absolute Gasteiger partial charge is 0.333 e. The summed E-state index contributed by atoms with van der Waals surface area (Å²) in [5, 5.41) is 8.99. The highest BCUT2D eigenvalue weighted by molar-refractivity contribution is 5.87. The summed E-state index contributed by atoms with van der Waals surface area (Å²) < 4.78 is 11.2. The van der Waals surface area contributed by atoms with Crippen LogP contribution in [0.5, 0.6) is 5.75 Å². The first-order valence-electron chi connectivity index (χ1n) is 13.4. The molecule has 0 heterocycles. The molecule has 3 aromatic carbocycles. The SMILES string of the molecule is C=C(CC)C(=O)OCc1cc(C2CCCCC2)ccc1-c1ccc(-c2ccc(OCCO)cc2C)cc1. The Balaban J connectivity index is 1.60. The number of rotatable bonds is 10. The zero-order chi connectivity index (χ0) is 26.2. The van der Waals surface area contributed by atoms with Gasteiger partial charge < -0.3 is 14.6 Å². The lowest BCUT2D eigenvalue weighted by atomic mass is 9.82. The fourth-order valence-electron chi connectivity index (χ4n) is 5.14. The van der Waals surface area contributed by atoms with Crippen LogP contribution < -0.4 is 4.74 Å². The molecule has 37 heavy (non-hydrogen) atoms. The van der Waals surface area contributed by atoms with Gasteiger partial charge in [0.15, 0.2) is 0 Å². The van der Waals surface area contributed by atoms with E-state index < -0.39 is 0 Å². The van der Waals surface area contributed by atoms with E-state index in [4.69, 9.17) is 14.6 Å². The van der Waals surface area contributed by atoms with Gasteiger partial charge in [-0.2, -0.15) is 0 Å².